The summed E-state index contributed by atoms with van der Waals surface area (Å²) < 4.78 is 10.2. The van der Waals surface area contributed by atoms with Crippen molar-refractivity contribution in [3.05, 3.63) is 0 Å². The first kappa shape index (κ1) is 13.4. The molecular formula is C14H22O4. The van der Waals surface area contributed by atoms with Crippen molar-refractivity contribution in [3.8, 4) is 0 Å². The second-order valence-corrected chi connectivity index (χ2v) is 6.21. The molecule has 18 heavy (non-hydrogen) atoms. The van der Waals surface area contributed by atoms with E-state index in [1.54, 1.807) is 0 Å². The number of cyclic esters (lactones) is 1. The molecule has 0 aromatic carbocycles. The van der Waals surface area contributed by atoms with E-state index < -0.39 is 23.5 Å². The van der Waals surface area contributed by atoms with Crippen LogP contribution in [0.2, 0.25) is 0 Å². The molecule has 0 aromatic rings. The lowest BCUT2D eigenvalue weighted by atomic mass is 9.62. The van der Waals surface area contributed by atoms with E-state index in [4.69, 9.17) is 9.47 Å². The molecule has 2 rings (SSSR count). The van der Waals surface area contributed by atoms with Gasteiger partial charge in [0.05, 0.1) is 7.11 Å². The van der Waals surface area contributed by atoms with Gasteiger partial charge in [-0.25, -0.2) is 0 Å². The third-order valence-corrected chi connectivity index (χ3v) is 4.56. The molecular weight excluding hydrogens is 232 g/mol. The van der Waals surface area contributed by atoms with Gasteiger partial charge in [-0.2, -0.15) is 0 Å². The average Bonchev–Trinajstić information content (AvgIpc) is 2.26. The number of hydrogen-bond acceptors (Lipinski definition) is 4. The fraction of sp³-hybridized carbons (Fsp3) is 0.857. The van der Waals surface area contributed by atoms with Crippen molar-refractivity contribution in [2.45, 2.75) is 45.6 Å². The Bertz CT molecular complexity index is 361. The zero-order valence-corrected chi connectivity index (χ0v) is 11.6. The minimum atomic E-state index is -0.726. The van der Waals surface area contributed by atoms with Crippen LogP contribution in [0, 0.1) is 23.7 Å². The highest BCUT2D eigenvalue weighted by Crippen LogP contribution is 2.48. The molecule has 0 bridgehead atoms. The van der Waals surface area contributed by atoms with Crippen molar-refractivity contribution in [3.63, 3.8) is 0 Å². The van der Waals surface area contributed by atoms with E-state index in [2.05, 4.69) is 6.92 Å². The Morgan fingerprint density at radius 2 is 2.06 bits per heavy atom. The van der Waals surface area contributed by atoms with Crippen LogP contribution >= 0.6 is 0 Å². The Morgan fingerprint density at radius 3 is 2.67 bits per heavy atom. The molecule has 4 atom stereocenters. The van der Waals surface area contributed by atoms with Crippen molar-refractivity contribution < 1.29 is 19.1 Å². The number of carbonyl (C=O) groups is 2. The number of hydrogen-bond donors (Lipinski definition) is 0. The topological polar surface area (TPSA) is 52.6 Å². The van der Waals surface area contributed by atoms with E-state index in [1.807, 2.05) is 13.8 Å². The molecule has 0 radical (unpaired) electrons. The third kappa shape index (κ3) is 2.13. The smallest absolute Gasteiger partial charge is 0.321 e. The highest BCUT2D eigenvalue weighted by molar-refractivity contribution is 5.96. The van der Waals surface area contributed by atoms with E-state index in [-0.39, 0.29) is 11.8 Å². The Kier molecular flexibility index (Phi) is 3.39. The molecule has 1 heterocycles. The lowest BCUT2D eigenvalue weighted by molar-refractivity contribution is -0.199. The molecule has 4 heteroatoms. The van der Waals surface area contributed by atoms with E-state index in [0.29, 0.717) is 5.92 Å². The lowest BCUT2D eigenvalue weighted by Gasteiger charge is -2.49. The van der Waals surface area contributed by atoms with Crippen molar-refractivity contribution in [2.24, 2.45) is 23.7 Å². The molecule has 4 nitrogen and oxygen atoms in total. The zero-order chi connectivity index (χ0) is 13.5. The minimum absolute atomic E-state index is 0.0671. The number of fused-ring (bicyclic) bond motifs is 1. The summed E-state index contributed by atoms with van der Waals surface area (Å²) in [6.45, 7) is 6.08. The van der Waals surface area contributed by atoms with Gasteiger partial charge in [0.15, 0.2) is 5.92 Å². The van der Waals surface area contributed by atoms with Crippen LogP contribution in [0.25, 0.3) is 0 Å². The van der Waals surface area contributed by atoms with Gasteiger partial charge in [0.1, 0.15) is 5.60 Å². The predicted molar refractivity (Wildman–Crippen MR) is 65.7 cm³/mol. The van der Waals surface area contributed by atoms with Crippen molar-refractivity contribution in [1.29, 1.82) is 0 Å². The van der Waals surface area contributed by atoms with Gasteiger partial charge in [0, 0.05) is 5.92 Å². The molecule has 1 aliphatic heterocycles. The van der Waals surface area contributed by atoms with Gasteiger partial charge in [0.2, 0.25) is 0 Å². The van der Waals surface area contributed by atoms with Gasteiger partial charge in [-0.15, -0.1) is 0 Å². The molecule has 0 spiro atoms. The summed E-state index contributed by atoms with van der Waals surface area (Å²) in [5, 5.41) is 0. The molecule has 1 saturated heterocycles. The van der Waals surface area contributed by atoms with Gasteiger partial charge in [0.25, 0.3) is 0 Å². The maximum Gasteiger partial charge on any atom is 0.321 e. The number of carbonyl (C=O) groups excluding carboxylic acids is 2. The van der Waals surface area contributed by atoms with E-state index in [1.165, 1.54) is 7.11 Å². The SMILES string of the molecule is COC(=O)[C@H]1C(=O)OC(C)(C)[C@@H]2CC[C@@H](C)C[C@H]12. The van der Waals surface area contributed by atoms with E-state index >= 15 is 0 Å². The second kappa shape index (κ2) is 4.56. The molecule has 0 N–H and O–H groups in total. The van der Waals surface area contributed by atoms with Crippen molar-refractivity contribution in [1.82, 2.24) is 0 Å². The lowest BCUT2D eigenvalue weighted by Crippen LogP contribution is -2.55. The minimum Gasteiger partial charge on any atom is -0.468 e. The van der Waals surface area contributed by atoms with Crippen LogP contribution in [-0.4, -0.2) is 24.6 Å². The molecule has 0 amide bonds. The summed E-state index contributed by atoms with van der Waals surface area (Å²) in [6.07, 6.45) is 3.05. The Balaban J connectivity index is 2.31. The fourth-order valence-corrected chi connectivity index (χ4v) is 3.63. The average molecular weight is 254 g/mol. The van der Waals surface area contributed by atoms with Crippen molar-refractivity contribution >= 4 is 11.9 Å². The number of methoxy groups -OCH3 is 1. The predicted octanol–water partition coefficient (Wildman–Crippen LogP) is 2.16. The van der Waals surface area contributed by atoms with Crippen LogP contribution in [-0.2, 0) is 19.1 Å². The summed E-state index contributed by atoms with van der Waals surface area (Å²) in [5.41, 5.74) is -0.466. The first-order valence-electron chi connectivity index (χ1n) is 6.67. The molecule has 1 aliphatic carbocycles. The Labute approximate surface area is 108 Å². The van der Waals surface area contributed by atoms with Crippen LogP contribution in [0.1, 0.15) is 40.0 Å². The van der Waals surface area contributed by atoms with Gasteiger partial charge >= 0.3 is 11.9 Å². The highest BCUT2D eigenvalue weighted by atomic mass is 16.6. The first-order chi connectivity index (χ1) is 8.36. The zero-order valence-electron chi connectivity index (χ0n) is 11.6. The van der Waals surface area contributed by atoms with E-state index in [0.717, 1.165) is 19.3 Å². The van der Waals surface area contributed by atoms with Crippen LogP contribution in [0.15, 0.2) is 0 Å². The van der Waals surface area contributed by atoms with Crippen LogP contribution < -0.4 is 0 Å². The maximum atomic E-state index is 12.0. The number of rotatable bonds is 1. The highest BCUT2D eigenvalue weighted by Gasteiger charge is 2.54. The van der Waals surface area contributed by atoms with Crippen LogP contribution in [0.4, 0.5) is 0 Å². The van der Waals surface area contributed by atoms with Gasteiger partial charge in [-0.3, -0.25) is 9.59 Å². The van der Waals surface area contributed by atoms with E-state index in [9.17, 15) is 9.59 Å². The molecule has 2 fully saturated rings. The summed E-state index contributed by atoms with van der Waals surface area (Å²) >= 11 is 0. The summed E-state index contributed by atoms with van der Waals surface area (Å²) in [7, 11) is 1.33. The third-order valence-electron chi connectivity index (χ3n) is 4.56. The maximum absolute atomic E-state index is 12.0. The van der Waals surface area contributed by atoms with Crippen molar-refractivity contribution in [2.75, 3.05) is 7.11 Å². The largest absolute Gasteiger partial charge is 0.468 e. The summed E-state index contributed by atoms with van der Waals surface area (Å²) in [5.74, 6) is -0.703. The molecule has 2 aliphatic rings. The summed E-state index contributed by atoms with van der Waals surface area (Å²) in [4.78, 5) is 23.9. The van der Waals surface area contributed by atoms with Gasteiger partial charge in [-0.05, 0) is 38.5 Å². The van der Waals surface area contributed by atoms with Gasteiger partial charge < -0.3 is 9.47 Å². The standard InChI is InChI=1S/C14H22O4/c1-8-5-6-10-9(7-8)11(12(15)17-4)13(16)18-14(10,2)3/h8-11H,5-7H2,1-4H3/t8-,9+,10-,11+/m1/s1. The second-order valence-electron chi connectivity index (χ2n) is 6.21. The molecule has 0 unspecified atom stereocenters. The summed E-state index contributed by atoms with van der Waals surface area (Å²) in [6, 6.07) is 0. The molecule has 102 valence electrons. The quantitative estimate of drug-likeness (QED) is 0.531. The number of ether oxygens (including phenoxy) is 2. The fourth-order valence-electron chi connectivity index (χ4n) is 3.63. The van der Waals surface area contributed by atoms with Gasteiger partial charge in [-0.1, -0.05) is 13.3 Å². The monoisotopic (exact) mass is 254 g/mol. The molecule has 1 saturated carbocycles. The van der Waals surface area contributed by atoms with Crippen LogP contribution in [0.5, 0.6) is 0 Å². The number of esters is 2. The Morgan fingerprint density at radius 1 is 1.39 bits per heavy atom. The Hall–Kier alpha value is -1.06. The normalized spacial score (nSPS) is 38.6. The first-order valence-corrected chi connectivity index (χ1v) is 6.67. The molecule has 0 aromatic heterocycles. The van der Waals surface area contributed by atoms with Crippen LogP contribution in [0.3, 0.4) is 0 Å².